The van der Waals surface area contributed by atoms with Gasteiger partial charge in [0.05, 0.1) is 11.7 Å². The standard InChI is InChI=1S/C20H28N4O3/c1-14(25)24-9-4-2-6-17(24)19-21-12-15-13-23(10-8-16(15)22-19)20(26)18-7-3-5-11-27-18/h12,17-18H,2-11,13H2,1H3/t17-,18+/m1/s1. The summed E-state index contributed by atoms with van der Waals surface area (Å²) in [5.74, 6) is 0.934. The van der Waals surface area contributed by atoms with E-state index in [1.807, 2.05) is 16.0 Å². The van der Waals surface area contributed by atoms with Crippen molar-refractivity contribution >= 4 is 11.8 Å². The first-order valence-corrected chi connectivity index (χ1v) is 10.2. The molecule has 7 heteroatoms. The molecular weight excluding hydrogens is 344 g/mol. The average molecular weight is 372 g/mol. The van der Waals surface area contributed by atoms with Crippen molar-refractivity contribution in [2.75, 3.05) is 19.7 Å². The number of hydrogen-bond acceptors (Lipinski definition) is 5. The maximum Gasteiger partial charge on any atom is 0.252 e. The van der Waals surface area contributed by atoms with Crippen LogP contribution in [0.5, 0.6) is 0 Å². The number of ether oxygens (including phenoxy) is 1. The summed E-state index contributed by atoms with van der Waals surface area (Å²) in [5.41, 5.74) is 2.03. The molecule has 2 amide bonds. The second kappa shape index (κ2) is 7.92. The van der Waals surface area contributed by atoms with Gasteiger partial charge in [0.25, 0.3) is 5.91 Å². The van der Waals surface area contributed by atoms with Gasteiger partial charge in [0.15, 0.2) is 5.82 Å². The van der Waals surface area contributed by atoms with Crippen LogP contribution in [0.25, 0.3) is 0 Å². The van der Waals surface area contributed by atoms with Crippen LogP contribution in [-0.2, 0) is 27.3 Å². The van der Waals surface area contributed by atoms with Gasteiger partial charge in [-0.3, -0.25) is 9.59 Å². The molecule has 0 N–H and O–H groups in total. The molecule has 0 radical (unpaired) electrons. The highest BCUT2D eigenvalue weighted by molar-refractivity contribution is 5.81. The molecule has 4 heterocycles. The van der Waals surface area contributed by atoms with E-state index in [0.717, 1.165) is 68.6 Å². The molecule has 0 aliphatic carbocycles. The second-order valence-corrected chi connectivity index (χ2v) is 7.79. The normalized spacial score (nSPS) is 25.8. The second-order valence-electron chi connectivity index (χ2n) is 7.79. The van der Waals surface area contributed by atoms with Crippen molar-refractivity contribution in [3.05, 3.63) is 23.3 Å². The molecule has 0 aromatic carbocycles. The van der Waals surface area contributed by atoms with E-state index in [-0.39, 0.29) is 24.0 Å². The van der Waals surface area contributed by atoms with Crippen molar-refractivity contribution in [1.82, 2.24) is 19.8 Å². The van der Waals surface area contributed by atoms with Crippen molar-refractivity contribution in [1.29, 1.82) is 0 Å². The van der Waals surface area contributed by atoms with Gasteiger partial charge in [-0.05, 0) is 38.5 Å². The molecule has 2 saturated heterocycles. The number of carbonyl (C=O) groups excluding carboxylic acids is 2. The van der Waals surface area contributed by atoms with Crippen LogP contribution in [0.15, 0.2) is 6.20 Å². The topological polar surface area (TPSA) is 75.6 Å². The van der Waals surface area contributed by atoms with E-state index in [0.29, 0.717) is 19.7 Å². The van der Waals surface area contributed by atoms with Crippen LogP contribution in [-0.4, -0.2) is 57.4 Å². The smallest absolute Gasteiger partial charge is 0.252 e. The minimum absolute atomic E-state index is 0.0168. The molecule has 3 aliphatic heterocycles. The Bertz CT molecular complexity index is 717. The molecule has 7 nitrogen and oxygen atoms in total. The third-order valence-corrected chi connectivity index (χ3v) is 5.92. The van der Waals surface area contributed by atoms with E-state index in [1.165, 1.54) is 0 Å². The van der Waals surface area contributed by atoms with Crippen LogP contribution in [0, 0.1) is 0 Å². The summed E-state index contributed by atoms with van der Waals surface area (Å²) in [6, 6.07) is -0.0168. The van der Waals surface area contributed by atoms with Crippen LogP contribution < -0.4 is 0 Å². The molecule has 4 rings (SSSR count). The van der Waals surface area contributed by atoms with Crippen LogP contribution >= 0.6 is 0 Å². The molecule has 3 aliphatic rings. The van der Waals surface area contributed by atoms with Crippen molar-refractivity contribution in [3.8, 4) is 0 Å². The zero-order valence-corrected chi connectivity index (χ0v) is 16.0. The summed E-state index contributed by atoms with van der Waals surface area (Å²) in [6.45, 7) is 4.30. The highest BCUT2D eigenvalue weighted by Crippen LogP contribution is 2.30. The van der Waals surface area contributed by atoms with Gasteiger partial charge in [-0.1, -0.05) is 0 Å². The van der Waals surface area contributed by atoms with Crippen LogP contribution in [0.1, 0.15) is 68.6 Å². The maximum absolute atomic E-state index is 12.7. The highest BCUT2D eigenvalue weighted by Gasteiger charge is 2.32. The fourth-order valence-electron chi connectivity index (χ4n) is 4.40. The number of carbonyl (C=O) groups is 2. The lowest BCUT2D eigenvalue weighted by molar-refractivity contribution is -0.147. The van der Waals surface area contributed by atoms with Gasteiger partial charge in [0.1, 0.15) is 6.10 Å². The molecule has 1 aromatic rings. The largest absolute Gasteiger partial charge is 0.368 e. The summed E-state index contributed by atoms with van der Waals surface area (Å²) in [6.07, 6.45) is 8.28. The van der Waals surface area contributed by atoms with Gasteiger partial charge < -0.3 is 14.5 Å². The Morgan fingerprint density at radius 3 is 2.78 bits per heavy atom. The lowest BCUT2D eigenvalue weighted by Gasteiger charge is -2.35. The first-order valence-electron chi connectivity index (χ1n) is 10.2. The van der Waals surface area contributed by atoms with Crippen LogP contribution in [0.4, 0.5) is 0 Å². The monoisotopic (exact) mass is 372 g/mol. The number of fused-ring (bicyclic) bond motifs is 1. The van der Waals surface area contributed by atoms with Gasteiger partial charge >= 0.3 is 0 Å². The van der Waals surface area contributed by atoms with Gasteiger partial charge in [0.2, 0.25) is 5.91 Å². The summed E-state index contributed by atoms with van der Waals surface area (Å²) < 4.78 is 5.65. The van der Waals surface area contributed by atoms with E-state index in [9.17, 15) is 9.59 Å². The predicted octanol–water partition coefficient (Wildman–Crippen LogP) is 2.00. The van der Waals surface area contributed by atoms with E-state index >= 15 is 0 Å². The Hall–Kier alpha value is -2.02. The summed E-state index contributed by atoms with van der Waals surface area (Å²) in [4.78, 5) is 37.8. The Morgan fingerprint density at radius 2 is 2.00 bits per heavy atom. The molecule has 0 unspecified atom stereocenters. The van der Waals surface area contributed by atoms with E-state index in [2.05, 4.69) is 4.98 Å². The Kier molecular flexibility index (Phi) is 5.38. The number of amides is 2. The van der Waals surface area contributed by atoms with Gasteiger partial charge in [0, 0.05) is 51.3 Å². The van der Waals surface area contributed by atoms with Crippen molar-refractivity contribution in [2.45, 2.75) is 70.6 Å². The van der Waals surface area contributed by atoms with Gasteiger partial charge in [-0.15, -0.1) is 0 Å². The molecule has 2 fully saturated rings. The van der Waals surface area contributed by atoms with E-state index < -0.39 is 0 Å². The lowest BCUT2D eigenvalue weighted by Crippen LogP contribution is -2.44. The van der Waals surface area contributed by atoms with Crippen LogP contribution in [0.3, 0.4) is 0 Å². The zero-order chi connectivity index (χ0) is 18.8. The molecule has 27 heavy (non-hydrogen) atoms. The molecule has 0 saturated carbocycles. The number of rotatable bonds is 2. The minimum Gasteiger partial charge on any atom is -0.368 e. The molecular formula is C20H28N4O3. The fraction of sp³-hybridized carbons (Fsp3) is 0.700. The average Bonchev–Trinajstić information content (AvgIpc) is 2.73. The van der Waals surface area contributed by atoms with E-state index in [4.69, 9.17) is 9.72 Å². The predicted molar refractivity (Wildman–Crippen MR) is 98.7 cm³/mol. The number of hydrogen-bond donors (Lipinski definition) is 0. The first kappa shape index (κ1) is 18.3. The van der Waals surface area contributed by atoms with Crippen molar-refractivity contribution in [3.63, 3.8) is 0 Å². The summed E-state index contributed by atoms with van der Waals surface area (Å²) in [5, 5.41) is 0. The first-order chi connectivity index (χ1) is 13.1. The maximum atomic E-state index is 12.7. The molecule has 0 spiro atoms. The number of piperidine rings is 1. The molecule has 146 valence electrons. The number of likely N-dealkylation sites (tertiary alicyclic amines) is 1. The summed E-state index contributed by atoms with van der Waals surface area (Å²) >= 11 is 0. The Labute approximate surface area is 160 Å². The Morgan fingerprint density at radius 1 is 1.15 bits per heavy atom. The number of nitrogens with zero attached hydrogens (tertiary/aromatic N) is 4. The highest BCUT2D eigenvalue weighted by atomic mass is 16.5. The third-order valence-electron chi connectivity index (χ3n) is 5.92. The van der Waals surface area contributed by atoms with Crippen molar-refractivity contribution < 1.29 is 14.3 Å². The quantitative estimate of drug-likeness (QED) is 0.794. The van der Waals surface area contributed by atoms with Gasteiger partial charge in [-0.25, -0.2) is 9.97 Å². The van der Waals surface area contributed by atoms with E-state index in [1.54, 1.807) is 6.92 Å². The van der Waals surface area contributed by atoms with Crippen LogP contribution in [0.2, 0.25) is 0 Å². The Balaban J connectivity index is 1.48. The van der Waals surface area contributed by atoms with Crippen molar-refractivity contribution in [2.24, 2.45) is 0 Å². The molecule has 0 bridgehead atoms. The SMILES string of the molecule is CC(=O)N1CCCC[C@@H]1c1ncc2c(n1)CCN(C(=O)[C@@H]1CCCCO1)C2. The van der Waals surface area contributed by atoms with Gasteiger partial charge in [-0.2, -0.15) is 0 Å². The third kappa shape index (κ3) is 3.83. The zero-order valence-electron chi connectivity index (χ0n) is 16.0. The summed E-state index contributed by atoms with van der Waals surface area (Å²) in [7, 11) is 0. The molecule has 1 aromatic heterocycles. The number of aromatic nitrogens is 2. The lowest BCUT2D eigenvalue weighted by atomic mass is 10.00. The fourth-order valence-corrected chi connectivity index (χ4v) is 4.40. The molecule has 2 atom stereocenters. The minimum atomic E-state index is -0.285.